The third-order valence-corrected chi connectivity index (χ3v) is 5.95. The van der Waals surface area contributed by atoms with Crippen molar-refractivity contribution in [2.75, 3.05) is 6.61 Å². The molecule has 33 heavy (non-hydrogen) atoms. The molecule has 0 aromatic heterocycles. The zero-order chi connectivity index (χ0) is 23.4. The zero-order valence-electron chi connectivity index (χ0n) is 18.8. The molecule has 1 aliphatic rings. The Morgan fingerprint density at radius 1 is 0.909 bits per heavy atom. The molecule has 0 N–H and O–H groups in total. The highest BCUT2D eigenvalue weighted by atomic mass is 19.2. The Morgan fingerprint density at radius 2 is 1.64 bits per heavy atom. The third-order valence-electron chi connectivity index (χ3n) is 5.95. The first-order valence-corrected chi connectivity index (χ1v) is 11.3. The molecule has 4 rings (SSSR count). The van der Waals surface area contributed by atoms with Crippen LogP contribution < -0.4 is 4.74 Å². The monoisotopic (exact) mass is 452 g/mol. The van der Waals surface area contributed by atoms with Gasteiger partial charge >= 0.3 is 0 Å². The lowest BCUT2D eigenvalue weighted by Crippen LogP contribution is -2.19. The number of hydrogen-bond donors (Lipinski definition) is 0. The second-order valence-electron chi connectivity index (χ2n) is 8.46. The van der Waals surface area contributed by atoms with Gasteiger partial charge in [-0.15, -0.1) is 0 Å². The molecule has 1 saturated heterocycles. The quantitative estimate of drug-likeness (QED) is 0.351. The minimum atomic E-state index is -1.03. The predicted octanol–water partition coefficient (Wildman–Crippen LogP) is 8.23. The fraction of sp³-hybridized carbons (Fsp3) is 0.286. The van der Waals surface area contributed by atoms with E-state index in [9.17, 15) is 13.2 Å². The smallest absolute Gasteiger partial charge is 0.201 e. The summed E-state index contributed by atoms with van der Waals surface area (Å²) in [7, 11) is 0. The minimum absolute atomic E-state index is 0.135. The minimum Gasteiger partial charge on any atom is -0.462 e. The normalized spacial score (nSPS) is 18.6. The summed E-state index contributed by atoms with van der Waals surface area (Å²) in [5.74, 6) is -1.96. The highest BCUT2D eigenvalue weighted by Crippen LogP contribution is 2.35. The van der Waals surface area contributed by atoms with Crippen LogP contribution in [0.3, 0.4) is 0 Å². The average Bonchev–Trinajstić information content (AvgIpc) is 2.83. The van der Waals surface area contributed by atoms with Gasteiger partial charge in [-0.2, -0.15) is 4.39 Å². The van der Waals surface area contributed by atoms with Gasteiger partial charge in [0, 0.05) is 17.7 Å². The summed E-state index contributed by atoms with van der Waals surface area (Å²) < 4.78 is 54.8. The molecule has 0 amide bonds. The number of rotatable bonds is 6. The summed E-state index contributed by atoms with van der Waals surface area (Å²) in [6.45, 7) is 4.69. The molecular weight excluding hydrogens is 425 g/mol. The van der Waals surface area contributed by atoms with E-state index in [2.05, 4.69) is 6.92 Å². The molecule has 0 saturated carbocycles. The highest BCUT2D eigenvalue weighted by Gasteiger charge is 2.23. The summed E-state index contributed by atoms with van der Waals surface area (Å²) in [6, 6.07) is 15.0. The van der Waals surface area contributed by atoms with E-state index in [0.29, 0.717) is 29.2 Å². The fourth-order valence-electron chi connectivity index (χ4n) is 4.00. The fourth-order valence-corrected chi connectivity index (χ4v) is 4.00. The van der Waals surface area contributed by atoms with Crippen molar-refractivity contribution in [1.29, 1.82) is 0 Å². The Morgan fingerprint density at radius 3 is 2.30 bits per heavy atom. The molecule has 2 nitrogen and oxygen atoms in total. The molecule has 2 unspecified atom stereocenters. The van der Waals surface area contributed by atoms with Gasteiger partial charge in [-0.05, 0) is 66.1 Å². The van der Waals surface area contributed by atoms with Gasteiger partial charge in [0.2, 0.25) is 5.82 Å². The summed E-state index contributed by atoms with van der Waals surface area (Å²) in [5, 5.41) is 0. The number of halogens is 3. The molecule has 0 spiro atoms. The molecule has 3 aromatic rings. The van der Waals surface area contributed by atoms with Gasteiger partial charge in [-0.25, -0.2) is 8.78 Å². The van der Waals surface area contributed by atoms with E-state index < -0.39 is 11.6 Å². The van der Waals surface area contributed by atoms with Crippen LogP contribution in [-0.2, 0) is 4.74 Å². The molecule has 3 aromatic carbocycles. The van der Waals surface area contributed by atoms with Crippen molar-refractivity contribution in [3.8, 4) is 28.0 Å². The van der Waals surface area contributed by atoms with E-state index in [1.54, 1.807) is 36.4 Å². The topological polar surface area (TPSA) is 18.5 Å². The summed E-state index contributed by atoms with van der Waals surface area (Å²) in [4.78, 5) is 0. The lowest BCUT2D eigenvalue weighted by atomic mass is 9.94. The Labute approximate surface area is 192 Å². The van der Waals surface area contributed by atoms with Gasteiger partial charge in [0.15, 0.2) is 11.6 Å². The van der Waals surface area contributed by atoms with Crippen LogP contribution in [0, 0.1) is 23.4 Å². The van der Waals surface area contributed by atoms with Crippen LogP contribution >= 0.6 is 0 Å². The summed E-state index contributed by atoms with van der Waals surface area (Å²) >= 11 is 0. The molecule has 1 aliphatic heterocycles. The number of hydrogen-bond acceptors (Lipinski definition) is 2. The number of benzene rings is 3. The molecule has 0 bridgehead atoms. The van der Waals surface area contributed by atoms with Gasteiger partial charge in [-0.1, -0.05) is 50.2 Å². The average molecular weight is 453 g/mol. The van der Waals surface area contributed by atoms with Crippen LogP contribution in [0.15, 0.2) is 66.9 Å². The van der Waals surface area contributed by atoms with Crippen molar-refractivity contribution in [3.05, 3.63) is 90.0 Å². The van der Waals surface area contributed by atoms with E-state index in [1.165, 1.54) is 24.5 Å². The van der Waals surface area contributed by atoms with Crippen LogP contribution in [0.1, 0.15) is 44.8 Å². The summed E-state index contributed by atoms with van der Waals surface area (Å²) in [6.07, 6.45) is 5.41. The van der Waals surface area contributed by atoms with Crippen LogP contribution in [0.25, 0.3) is 22.3 Å². The number of ether oxygens (including phenoxy) is 2. The van der Waals surface area contributed by atoms with Crippen molar-refractivity contribution in [1.82, 2.24) is 0 Å². The van der Waals surface area contributed by atoms with Gasteiger partial charge in [0.25, 0.3) is 0 Å². The Hall–Kier alpha value is -3.05. The van der Waals surface area contributed by atoms with E-state index in [-0.39, 0.29) is 23.2 Å². The van der Waals surface area contributed by atoms with Gasteiger partial charge in [0.1, 0.15) is 5.82 Å². The SMILES string of the molecule is CC/C=C\Oc1ccc(-c2ccc(-c3ccc(C4CCC(C)CO4)c(F)c3)cc2)c(F)c1F. The molecule has 5 heteroatoms. The van der Waals surface area contributed by atoms with E-state index in [4.69, 9.17) is 9.47 Å². The standard InChI is InChI=1S/C28H27F3O2/c1-3-4-15-32-26-14-12-22(27(30)28(26)31)20-8-6-19(7-9-20)21-10-11-23(24(29)16-21)25-13-5-18(2)17-33-25/h4,6-12,14-16,18,25H,3,5,13,17H2,1-2H3/b15-4-. The highest BCUT2D eigenvalue weighted by molar-refractivity contribution is 5.71. The van der Waals surface area contributed by atoms with Crippen LogP contribution in [0.5, 0.6) is 5.75 Å². The maximum Gasteiger partial charge on any atom is 0.201 e. The van der Waals surface area contributed by atoms with E-state index >= 15 is 0 Å². The van der Waals surface area contributed by atoms with E-state index in [1.807, 2.05) is 13.0 Å². The Balaban J connectivity index is 1.53. The lowest BCUT2D eigenvalue weighted by Gasteiger charge is -2.27. The number of allylic oxidation sites excluding steroid dienone is 1. The first-order valence-electron chi connectivity index (χ1n) is 11.3. The second kappa shape index (κ2) is 10.3. The molecule has 2 atom stereocenters. The first kappa shape index (κ1) is 23.1. The molecule has 0 aliphatic carbocycles. The predicted molar refractivity (Wildman–Crippen MR) is 124 cm³/mol. The molecular formula is C28H27F3O2. The largest absolute Gasteiger partial charge is 0.462 e. The van der Waals surface area contributed by atoms with Crippen molar-refractivity contribution < 1.29 is 22.6 Å². The van der Waals surface area contributed by atoms with Crippen LogP contribution in [-0.4, -0.2) is 6.61 Å². The van der Waals surface area contributed by atoms with Gasteiger partial charge in [-0.3, -0.25) is 0 Å². The van der Waals surface area contributed by atoms with E-state index in [0.717, 1.165) is 24.8 Å². The van der Waals surface area contributed by atoms with Gasteiger partial charge < -0.3 is 9.47 Å². The Bertz CT molecular complexity index is 1130. The summed E-state index contributed by atoms with van der Waals surface area (Å²) in [5.41, 5.74) is 2.73. The van der Waals surface area contributed by atoms with Gasteiger partial charge in [0.05, 0.1) is 12.4 Å². The zero-order valence-corrected chi connectivity index (χ0v) is 18.8. The maximum absolute atomic E-state index is 14.8. The van der Waals surface area contributed by atoms with Crippen LogP contribution in [0.4, 0.5) is 13.2 Å². The maximum atomic E-state index is 14.8. The van der Waals surface area contributed by atoms with Crippen LogP contribution in [0.2, 0.25) is 0 Å². The lowest BCUT2D eigenvalue weighted by molar-refractivity contribution is -0.0141. The van der Waals surface area contributed by atoms with Crippen molar-refractivity contribution in [3.63, 3.8) is 0 Å². The van der Waals surface area contributed by atoms with Crippen molar-refractivity contribution in [2.45, 2.75) is 39.2 Å². The third kappa shape index (κ3) is 5.14. The second-order valence-corrected chi connectivity index (χ2v) is 8.46. The molecule has 172 valence electrons. The first-order chi connectivity index (χ1) is 16.0. The van der Waals surface area contributed by atoms with Crippen molar-refractivity contribution in [2.24, 2.45) is 5.92 Å². The Kier molecular flexibility index (Phi) is 7.19. The molecule has 1 heterocycles. The molecule has 0 radical (unpaired) electrons. The molecule has 1 fully saturated rings. The van der Waals surface area contributed by atoms with Crippen molar-refractivity contribution >= 4 is 0 Å².